The van der Waals surface area contributed by atoms with Gasteiger partial charge in [0.05, 0.1) is 25.8 Å². The van der Waals surface area contributed by atoms with E-state index in [-0.39, 0.29) is 11.5 Å². The molecule has 0 bridgehead atoms. The number of carbonyl (C=O) groups is 1. The molecule has 5 heteroatoms. The molecule has 0 saturated heterocycles. The van der Waals surface area contributed by atoms with E-state index in [0.717, 1.165) is 5.56 Å². The van der Waals surface area contributed by atoms with Gasteiger partial charge in [0, 0.05) is 6.20 Å². The first kappa shape index (κ1) is 14.8. The van der Waals surface area contributed by atoms with E-state index in [4.69, 9.17) is 4.74 Å². The molecule has 21 heavy (non-hydrogen) atoms. The number of aromatic nitrogens is 1. The monoisotopic (exact) mass is 287 g/mol. The lowest BCUT2D eigenvalue weighted by atomic mass is 10.1. The Labute approximate surface area is 122 Å². The van der Waals surface area contributed by atoms with E-state index in [9.17, 15) is 9.59 Å². The van der Waals surface area contributed by atoms with Crippen LogP contribution in [0.25, 0.3) is 0 Å². The maximum atomic E-state index is 12.1. The van der Waals surface area contributed by atoms with Gasteiger partial charge in [-0.15, -0.1) is 0 Å². The summed E-state index contributed by atoms with van der Waals surface area (Å²) in [5, 5.41) is 0. The smallest absolute Gasteiger partial charge is 0.337 e. The number of methoxy groups -OCH3 is 1. The zero-order valence-electron chi connectivity index (χ0n) is 12.0. The summed E-state index contributed by atoms with van der Waals surface area (Å²) in [5.74, 6) is -0.0387. The summed E-state index contributed by atoms with van der Waals surface area (Å²) < 4.78 is 11.5. The Morgan fingerprint density at radius 2 is 1.90 bits per heavy atom. The summed E-state index contributed by atoms with van der Waals surface area (Å²) in [6.45, 7) is 2.70. The highest BCUT2D eigenvalue weighted by atomic mass is 16.5. The molecule has 0 atom stereocenters. The lowest BCUT2D eigenvalue weighted by Gasteiger charge is -2.09. The van der Waals surface area contributed by atoms with Crippen LogP contribution in [0.5, 0.6) is 5.75 Å². The normalized spacial score (nSPS) is 10.2. The molecule has 0 aliphatic heterocycles. The number of rotatable bonds is 5. The Balaban J connectivity index is 2.20. The maximum Gasteiger partial charge on any atom is 0.337 e. The molecule has 0 N–H and O–H groups in total. The summed E-state index contributed by atoms with van der Waals surface area (Å²) in [7, 11) is 1.34. The standard InChI is InChI=1S/C16H17NO4/c1-3-21-14-5-4-10-17(15(14)18)11-12-6-8-13(9-7-12)16(19)20-2/h4-10H,3,11H2,1-2H3. The molecule has 0 radical (unpaired) electrons. The molecule has 0 fully saturated rings. The Morgan fingerprint density at radius 1 is 1.19 bits per heavy atom. The molecule has 0 aliphatic rings. The molecule has 110 valence electrons. The SMILES string of the molecule is CCOc1cccn(Cc2ccc(C(=O)OC)cc2)c1=O. The number of pyridine rings is 1. The Kier molecular flexibility index (Phi) is 4.77. The van der Waals surface area contributed by atoms with Crippen LogP contribution in [0.15, 0.2) is 47.4 Å². The highest BCUT2D eigenvalue weighted by Gasteiger charge is 2.06. The highest BCUT2D eigenvalue weighted by molar-refractivity contribution is 5.89. The second-order valence-corrected chi connectivity index (χ2v) is 4.43. The van der Waals surface area contributed by atoms with Gasteiger partial charge in [-0.1, -0.05) is 12.1 Å². The predicted octanol–water partition coefficient (Wildman–Crippen LogP) is 2.08. The van der Waals surface area contributed by atoms with Crippen molar-refractivity contribution in [3.63, 3.8) is 0 Å². The molecule has 1 heterocycles. The summed E-state index contributed by atoms with van der Waals surface area (Å²) in [6, 6.07) is 10.4. The second-order valence-electron chi connectivity index (χ2n) is 4.43. The van der Waals surface area contributed by atoms with Crippen LogP contribution >= 0.6 is 0 Å². The largest absolute Gasteiger partial charge is 0.488 e. The molecule has 0 spiro atoms. The zero-order valence-corrected chi connectivity index (χ0v) is 12.0. The Morgan fingerprint density at radius 3 is 2.52 bits per heavy atom. The van der Waals surface area contributed by atoms with Gasteiger partial charge in [-0.2, -0.15) is 0 Å². The van der Waals surface area contributed by atoms with Crippen molar-refractivity contribution in [3.8, 4) is 5.75 Å². The van der Waals surface area contributed by atoms with Gasteiger partial charge in [-0.05, 0) is 36.8 Å². The number of hydrogen-bond donors (Lipinski definition) is 0. The van der Waals surface area contributed by atoms with E-state index < -0.39 is 0 Å². The number of ether oxygens (including phenoxy) is 2. The molecule has 2 rings (SSSR count). The maximum absolute atomic E-state index is 12.1. The predicted molar refractivity (Wildman–Crippen MR) is 78.8 cm³/mol. The molecule has 0 amide bonds. The zero-order chi connectivity index (χ0) is 15.2. The summed E-state index contributed by atoms with van der Waals surface area (Å²) in [4.78, 5) is 23.5. The van der Waals surface area contributed by atoms with Crippen molar-refractivity contribution in [2.45, 2.75) is 13.5 Å². The van der Waals surface area contributed by atoms with Crippen molar-refractivity contribution >= 4 is 5.97 Å². The highest BCUT2D eigenvalue weighted by Crippen LogP contribution is 2.08. The topological polar surface area (TPSA) is 57.5 Å². The van der Waals surface area contributed by atoms with Crippen LogP contribution in [0.2, 0.25) is 0 Å². The summed E-state index contributed by atoms with van der Waals surface area (Å²) in [6.07, 6.45) is 1.71. The van der Waals surface area contributed by atoms with E-state index in [0.29, 0.717) is 24.5 Å². The van der Waals surface area contributed by atoms with Crippen LogP contribution in [0.1, 0.15) is 22.8 Å². The van der Waals surface area contributed by atoms with Gasteiger partial charge >= 0.3 is 5.97 Å². The molecule has 5 nitrogen and oxygen atoms in total. The third kappa shape index (κ3) is 3.51. The summed E-state index contributed by atoms with van der Waals surface area (Å²) >= 11 is 0. The summed E-state index contributed by atoms with van der Waals surface area (Å²) in [5.41, 5.74) is 1.23. The van der Waals surface area contributed by atoms with Crippen LogP contribution in [-0.2, 0) is 11.3 Å². The second kappa shape index (κ2) is 6.74. The van der Waals surface area contributed by atoms with Gasteiger partial charge < -0.3 is 14.0 Å². The van der Waals surface area contributed by atoms with Gasteiger partial charge in [-0.3, -0.25) is 4.79 Å². The van der Waals surface area contributed by atoms with Crippen LogP contribution < -0.4 is 10.3 Å². The number of benzene rings is 1. The number of nitrogens with zero attached hydrogens (tertiary/aromatic N) is 1. The van der Waals surface area contributed by atoms with Crippen molar-refractivity contribution in [3.05, 3.63) is 64.1 Å². The molecule has 0 saturated carbocycles. The fourth-order valence-corrected chi connectivity index (χ4v) is 1.97. The van der Waals surface area contributed by atoms with Crippen LogP contribution in [0.4, 0.5) is 0 Å². The quantitative estimate of drug-likeness (QED) is 0.790. The van der Waals surface area contributed by atoms with Crippen molar-refractivity contribution in [1.82, 2.24) is 4.57 Å². The van der Waals surface area contributed by atoms with Gasteiger partial charge in [0.1, 0.15) is 0 Å². The fraction of sp³-hybridized carbons (Fsp3) is 0.250. The number of hydrogen-bond acceptors (Lipinski definition) is 4. The number of esters is 1. The average molecular weight is 287 g/mol. The lowest BCUT2D eigenvalue weighted by Crippen LogP contribution is -2.21. The molecular formula is C16H17NO4. The fourth-order valence-electron chi connectivity index (χ4n) is 1.97. The van der Waals surface area contributed by atoms with Gasteiger partial charge in [0.25, 0.3) is 5.56 Å². The lowest BCUT2D eigenvalue weighted by molar-refractivity contribution is 0.0600. The third-order valence-electron chi connectivity index (χ3n) is 3.01. The van der Waals surface area contributed by atoms with Crippen LogP contribution in [-0.4, -0.2) is 24.3 Å². The minimum atomic E-state index is -0.378. The average Bonchev–Trinajstić information content (AvgIpc) is 2.51. The molecule has 1 aromatic carbocycles. The molecule has 0 unspecified atom stereocenters. The van der Waals surface area contributed by atoms with E-state index in [2.05, 4.69) is 4.74 Å². The third-order valence-corrected chi connectivity index (χ3v) is 3.01. The number of carbonyl (C=O) groups excluding carboxylic acids is 1. The first-order valence-electron chi connectivity index (χ1n) is 6.65. The molecule has 0 aliphatic carbocycles. The Bertz CT molecular complexity index is 673. The minimum absolute atomic E-state index is 0.170. The first-order chi connectivity index (χ1) is 10.2. The van der Waals surface area contributed by atoms with Gasteiger partial charge in [-0.25, -0.2) is 4.79 Å². The first-order valence-corrected chi connectivity index (χ1v) is 6.65. The van der Waals surface area contributed by atoms with Crippen molar-refractivity contribution in [2.24, 2.45) is 0 Å². The molecular weight excluding hydrogens is 270 g/mol. The van der Waals surface area contributed by atoms with Gasteiger partial charge in [0.2, 0.25) is 0 Å². The van der Waals surface area contributed by atoms with Crippen molar-refractivity contribution in [2.75, 3.05) is 13.7 Å². The van der Waals surface area contributed by atoms with Crippen molar-refractivity contribution < 1.29 is 14.3 Å². The van der Waals surface area contributed by atoms with E-state index in [1.807, 2.05) is 6.92 Å². The minimum Gasteiger partial charge on any atom is -0.488 e. The van der Waals surface area contributed by atoms with Gasteiger partial charge in [0.15, 0.2) is 5.75 Å². The molecule has 2 aromatic rings. The van der Waals surface area contributed by atoms with E-state index in [1.54, 1.807) is 47.2 Å². The Hall–Kier alpha value is -2.56. The van der Waals surface area contributed by atoms with Crippen LogP contribution in [0, 0.1) is 0 Å². The van der Waals surface area contributed by atoms with E-state index >= 15 is 0 Å². The van der Waals surface area contributed by atoms with Crippen LogP contribution in [0.3, 0.4) is 0 Å². The van der Waals surface area contributed by atoms with Crippen molar-refractivity contribution in [1.29, 1.82) is 0 Å². The molecule has 1 aromatic heterocycles. The van der Waals surface area contributed by atoms with E-state index in [1.165, 1.54) is 7.11 Å².